The summed E-state index contributed by atoms with van der Waals surface area (Å²) < 4.78 is 5.89. The molecule has 1 N–H and O–H groups in total. The van der Waals surface area contributed by atoms with E-state index in [-0.39, 0.29) is 12.0 Å². The van der Waals surface area contributed by atoms with Crippen LogP contribution in [0.15, 0.2) is 43.5 Å². The zero-order valence-corrected chi connectivity index (χ0v) is 13.9. The van der Waals surface area contributed by atoms with Crippen LogP contribution in [-0.2, 0) is 11.2 Å². The molecule has 1 atom stereocenters. The third kappa shape index (κ3) is 3.74. The minimum atomic E-state index is -0.104. The number of nitrogens with zero attached hydrogens (tertiary/aromatic N) is 2. The highest BCUT2D eigenvalue weighted by atomic mass is 35.5. The molecule has 3 rings (SSSR count). The van der Waals surface area contributed by atoms with Gasteiger partial charge in [-0.05, 0) is 24.1 Å². The van der Waals surface area contributed by atoms with Crippen molar-refractivity contribution in [1.82, 2.24) is 15.3 Å². The largest absolute Gasteiger partial charge is 0.486 e. The monoisotopic (exact) mass is 343 g/mol. The Bertz CT molecular complexity index is 749. The van der Waals surface area contributed by atoms with Gasteiger partial charge in [0.2, 0.25) is 5.91 Å². The second-order valence-electron chi connectivity index (χ2n) is 5.65. The third-order valence-corrected chi connectivity index (χ3v) is 4.13. The van der Waals surface area contributed by atoms with Crippen LogP contribution in [0.2, 0.25) is 5.02 Å². The maximum atomic E-state index is 11.7. The zero-order chi connectivity index (χ0) is 16.9. The molecule has 1 aliphatic rings. The molecule has 0 aliphatic carbocycles. The molecule has 0 bridgehead atoms. The molecule has 0 radical (unpaired) electrons. The molecule has 0 saturated carbocycles. The number of rotatable bonds is 6. The van der Waals surface area contributed by atoms with Crippen molar-refractivity contribution in [2.45, 2.75) is 25.4 Å². The van der Waals surface area contributed by atoms with E-state index in [2.05, 4.69) is 21.9 Å². The number of carbonyl (C=O) groups is 1. The fourth-order valence-electron chi connectivity index (χ4n) is 2.67. The maximum absolute atomic E-state index is 11.7. The quantitative estimate of drug-likeness (QED) is 0.818. The van der Waals surface area contributed by atoms with Gasteiger partial charge >= 0.3 is 0 Å². The smallest absolute Gasteiger partial charge is 0.220 e. The predicted octanol–water partition coefficient (Wildman–Crippen LogP) is 3.18. The number of allylic oxidation sites excluding steroid dienone is 1. The molecule has 0 fully saturated rings. The number of halogens is 1. The van der Waals surface area contributed by atoms with Gasteiger partial charge in [-0.2, -0.15) is 0 Å². The van der Waals surface area contributed by atoms with Gasteiger partial charge in [-0.3, -0.25) is 4.79 Å². The molecule has 1 aliphatic heterocycles. The van der Waals surface area contributed by atoms with Crippen molar-refractivity contribution in [2.24, 2.45) is 0 Å². The van der Waals surface area contributed by atoms with Gasteiger partial charge in [0, 0.05) is 36.4 Å². The van der Waals surface area contributed by atoms with Crippen molar-refractivity contribution < 1.29 is 9.53 Å². The molecule has 0 spiro atoms. The van der Waals surface area contributed by atoms with E-state index in [1.807, 2.05) is 12.1 Å². The molecule has 1 unspecified atom stereocenters. The highest BCUT2D eigenvalue weighted by Crippen LogP contribution is 2.39. The van der Waals surface area contributed by atoms with E-state index in [1.54, 1.807) is 18.5 Å². The van der Waals surface area contributed by atoms with Gasteiger partial charge in [0.1, 0.15) is 18.2 Å². The molecule has 2 heterocycles. The van der Waals surface area contributed by atoms with Gasteiger partial charge in [0.25, 0.3) is 0 Å². The minimum Gasteiger partial charge on any atom is -0.486 e. The first-order valence-electron chi connectivity index (χ1n) is 7.79. The van der Waals surface area contributed by atoms with Crippen molar-refractivity contribution in [2.75, 3.05) is 6.54 Å². The van der Waals surface area contributed by atoms with Crippen LogP contribution in [-0.4, -0.2) is 28.5 Å². The van der Waals surface area contributed by atoms with Gasteiger partial charge in [-0.25, -0.2) is 9.97 Å². The van der Waals surface area contributed by atoms with Crippen molar-refractivity contribution in [3.8, 4) is 16.9 Å². The number of carbonyl (C=O) groups excluding carboxylic acids is 1. The molecular weight excluding hydrogens is 326 g/mol. The number of fused-ring (bicyclic) bond motifs is 1. The average molecular weight is 344 g/mol. The number of amides is 1. The van der Waals surface area contributed by atoms with Crippen LogP contribution in [0, 0.1) is 0 Å². The Labute approximate surface area is 145 Å². The van der Waals surface area contributed by atoms with Gasteiger partial charge in [0.05, 0.1) is 11.6 Å². The molecule has 5 nitrogen and oxygen atoms in total. The Morgan fingerprint density at radius 2 is 2.17 bits per heavy atom. The SMILES string of the molecule is C=CCCC(=O)NCC1Cc2cc(-c3cncnc3)cc(Cl)c2O1. The second kappa shape index (κ2) is 7.45. The van der Waals surface area contributed by atoms with Crippen LogP contribution in [0.3, 0.4) is 0 Å². The van der Waals surface area contributed by atoms with E-state index < -0.39 is 0 Å². The first-order valence-corrected chi connectivity index (χ1v) is 8.17. The Hall–Kier alpha value is -2.40. The van der Waals surface area contributed by atoms with E-state index in [9.17, 15) is 4.79 Å². The molecule has 6 heteroatoms. The van der Waals surface area contributed by atoms with Crippen LogP contribution in [0.5, 0.6) is 5.75 Å². The Morgan fingerprint density at radius 3 is 2.92 bits per heavy atom. The average Bonchev–Trinajstić information content (AvgIpc) is 3.02. The first kappa shape index (κ1) is 16.5. The van der Waals surface area contributed by atoms with Crippen LogP contribution in [0.4, 0.5) is 0 Å². The van der Waals surface area contributed by atoms with Crippen LogP contribution in [0.25, 0.3) is 11.1 Å². The number of hydrogen-bond acceptors (Lipinski definition) is 4. The van der Waals surface area contributed by atoms with Crippen molar-refractivity contribution in [3.05, 3.63) is 54.1 Å². The lowest BCUT2D eigenvalue weighted by Crippen LogP contribution is -2.34. The number of benzene rings is 1. The van der Waals surface area contributed by atoms with E-state index in [0.29, 0.717) is 36.6 Å². The van der Waals surface area contributed by atoms with Crippen molar-refractivity contribution in [1.29, 1.82) is 0 Å². The van der Waals surface area contributed by atoms with Gasteiger partial charge in [-0.15, -0.1) is 6.58 Å². The number of aromatic nitrogens is 2. The lowest BCUT2D eigenvalue weighted by atomic mass is 10.0. The Kier molecular flexibility index (Phi) is 5.11. The summed E-state index contributed by atoms with van der Waals surface area (Å²) in [5.74, 6) is 0.699. The first-order chi connectivity index (χ1) is 11.7. The van der Waals surface area contributed by atoms with E-state index >= 15 is 0 Å². The molecule has 1 amide bonds. The molecule has 1 aromatic carbocycles. The summed E-state index contributed by atoms with van der Waals surface area (Å²) >= 11 is 6.36. The molecule has 124 valence electrons. The second-order valence-corrected chi connectivity index (χ2v) is 6.06. The lowest BCUT2D eigenvalue weighted by Gasteiger charge is -2.12. The van der Waals surface area contributed by atoms with Crippen LogP contribution < -0.4 is 10.1 Å². The fraction of sp³-hybridized carbons (Fsp3) is 0.278. The Balaban J connectivity index is 1.68. The van der Waals surface area contributed by atoms with E-state index in [0.717, 1.165) is 16.7 Å². The summed E-state index contributed by atoms with van der Waals surface area (Å²) in [6.45, 7) is 4.08. The van der Waals surface area contributed by atoms with Gasteiger partial charge in [0.15, 0.2) is 0 Å². The van der Waals surface area contributed by atoms with Gasteiger partial charge < -0.3 is 10.1 Å². The van der Waals surface area contributed by atoms with E-state index in [4.69, 9.17) is 16.3 Å². The van der Waals surface area contributed by atoms with Crippen LogP contribution in [0.1, 0.15) is 18.4 Å². The summed E-state index contributed by atoms with van der Waals surface area (Å²) in [5, 5.41) is 3.45. The standard InChI is InChI=1S/C18H18ClN3O2/c1-2-3-4-17(23)22-10-15-6-13-5-12(7-16(19)18(13)24-15)14-8-20-11-21-9-14/h2,5,7-9,11,15H,1,3-4,6,10H2,(H,22,23). The fourth-order valence-corrected chi connectivity index (χ4v) is 2.95. The zero-order valence-electron chi connectivity index (χ0n) is 13.2. The summed E-state index contributed by atoms with van der Waals surface area (Å²) in [6, 6.07) is 3.89. The van der Waals surface area contributed by atoms with Crippen molar-refractivity contribution in [3.63, 3.8) is 0 Å². The number of ether oxygens (including phenoxy) is 1. The molecule has 1 aromatic heterocycles. The normalized spacial score (nSPS) is 15.5. The summed E-state index contributed by atoms with van der Waals surface area (Å²) in [6.07, 6.45) is 8.44. The minimum absolute atomic E-state index is 0.00248. The van der Waals surface area contributed by atoms with E-state index in [1.165, 1.54) is 6.33 Å². The Morgan fingerprint density at radius 1 is 1.38 bits per heavy atom. The lowest BCUT2D eigenvalue weighted by molar-refractivity contribution is -0.121. The summed E-state index contributed by atoms with van der Waals surface area (Å²) in [5.41, 5.74) is 2.90. The highest BCUT2D eigenvalue weighted by molar-refractivity contribution is 6.32. The van der Waals surface area contributed by atoms with Crippen molar-refractivity contribution >= 4 is 17.5 Å². The number of nitrogens with one attached hydrogen (secondary N) is 1. The number of hydrogen-bond donors (Lipinski definition) is 1. The topological polar surface area (TPSA) is 64.1 Å². The maximum Gasteiger partial charge on any atom is 0.220 e. The summed E-state index contributed by atoms with van der Waals surface area (Å²) in [7, 11) is 0. The highest BCUT2D eigenvalue weighted by Gasteiger charge is 2.26. The molecular formula is C18H18ClN3O2. The molecule has 24 heavy (non-hydrogen) atoms. The summed E-state index contributed by atoms with van der Waals surface area (Å²) in [4.78, 5) is 19.7. The predicted molar refractivity (Wildman–Crippen MR) is 93.0 cm³/mol. The van der Waals surface area contributed by atoms with Gasteiger partial charge in [-0.1, -0.05) is 17.7 Å². The molecule has 0 saturated heterocycles. The van der Waals surface area contributed by atoms with Crippen LogP contribution >= 0.6 is 11.6 Å². The molecule has 2 aromatic rings. The third-order valence-electron chi connectivity index (χ3n) is 3.85.